The van der Waals surface area contributed by atoms with Crippen LogP contribution in [0.3, 0.4) is 0 Å². The van der Waals surface area contributed by atoms with Crippen molar-refractivity contribution < 1.29 is 4.79 Å². The van der Waals surface area contributed by atoms with Gasteiger partial charge in [-0.1, -0.05) is 46.9 Å². The van der Waals surface area contributed by atoms with Gasteiger partial charge in [0.25, 0.3) is 5.91 Å². The van der Waals surface area contributed by atoms with Gasteiger partial charge in [-0.15, -0.1) is 0 Å². The number of rotatable bonds is 6. The number of aryl methyl sites for hydroxylation is 1. The zero-order valence-corrected chi connectivity index (χ0v) is 15.6. The number of nitrogens with one attached hydrogen (secondary N) is 1. The lowest BCUT2D eigenvalue weighted by Crippen LogP contribution is -2.26. The molecule has 0 saturated heterocycles. The third kappa shape index (κ3) is 5.32. The van der Waals surface area contributed by atoms with Gasteiger partial charge >= 0.3 is 0 Å². The fourth-order valence-electron chi connectivity index (χ4n) is 1.98. The van der Waals surface area contributed by atoms with E-state index in [0.717, 1.165) is 16.9 Å². The summed E-state index contributed by atoms with van der Waals surface area (Å²) in [6.07, 6.45) is 0. The van der Waals surface area contributed by atoms with E-state index in [-0.39, 0.29) is 5.91 Å². The first-order valence-electron chi connectivity index (χ1n) is 7.04. The Kier molecular flexibility index (Phi) is 7.09. The SMILES string of the molecule is Cc1ccc(C(=O)NCCSCc2c(Cl)cccc2Cl)c(Cl)c1. The highest BCUT2D eigenvalue weighted by molar-refractivity contribution is 7.98. The number of halogens is 3. The van der Waals surface area contributed by atoms with E-state index in [2.05, 4.69) is 5.32 Å². The Hall–Kier alpha value is -0.870. The van der Waals surface area contributed by atoms with Crippen LogP contribution < -0.4 is 5.32 Å². The largest absolute Gasteiger partial charge is 0.351 e. The Morgan fingerprint density at radius 3 is 2.43 bits per heavy atom. The van der Waals surface area contributed by atoms with Crippen LogP contribution in [-0.4, -0.2) is 18.2 Å². The van der Waals surface area contributed by atoms with Crippen LogP contribution in [0.25, 0.3) is 0 Å². The Balaban J connectivity index is 1.78. The zero-order chi connectivity index (χ0) is 16.8. The molecule has 6 heteroatoms. The van der Waals surface area contributed by atoms with E-state index in [1.807, 2.05) is 31.2 Å². The van der Waals surface area contributed by atoms with Crippen molar-refractivity contribution >= 4 is 52.5 Å². The molecule has 1 amide bonds. The van der Waals surface area contributed by atoms with Crippen molar-refractivity contribution in [2.45, 2.75) is 12.7 Å². The zero-order valence-electron chi connectivity index (χ0n) is 12.5. The summed E-state index contributed by atoms with van der Waals surface area (Å²) in [6, 6.07) is 10.9. The van der Waals surface area contributed by atoms with Crippen LogP contribution in [0.4, 0.5) is 0 Å². The van der Waals surface area contributed by atoms with Crippen molar-refractivity contribution in [1.29, 1.82) is 0 Å². The maximum atomic E-state index is 12.1. The summed E-state index contributed by atoms with van der Waals surface area (Å²) in [5.74, 6) is 1.31. The van der Waals surface area contributed by atoms with Gasteiger partial charge in [0.1, 0.15) is 0 Å². The molecule has 0 saturated carbocycles. The van der Waals surface area contributed by atoms with Crippen molar-refractivity contribution in [2.24, 2.45) is 0 Å². The van der Waals surface area contributed by atoms with E-state index < -0.39 is 0 Å². The number of carbonyl (C=O) groups is 1. The molecule has 0 fully saturated rings. The number of hydrogen-bond donors (Lipinski definition) is 1. The molecule has 23 heavy (non-hydrogen) atoms. The normalized spacial score (nSPS) is 10.6. The number of benzene rings is 2. The second-order valence-electron chi connectivity index (χ2n) is 4.99. The fraction of sp³-hybridized carbons (Fsp3) is 0.235. The minimum Gasteiger partial charge on any atom is -0.351 e. The predicted molar refractivity (Wildman–Crippen MR) is 101 cm³/mol. The van der Waals surface area contributed by atoms with Crippen molar-refractivity contribution in [2.75, 3.05) is 12.3 Å². The van der Waals surface area contributed by atoms with E-state index in [1.54, 1.807) is 23.9 Å². The van der Waals surface area contributed by atoms with E-state index >= 15 is 0 Å². The summed E-state index contributed by atoms with van der Waals surface area (Å²) in [4.78, 5) is 12.1. The van der Waals surface area contributed by atoms with Gasteiger partial charge in [-0.2, -0.15) is 11.8 Å². The maximum absolute atomic E-state index is 12.1. The smallest absolute Gasteiger partial charge is 0.252 e. The van der Waals surface area contributed by atoms with Crippen molar-refractivity contribution in [3.8, 4) is 0 Å². The number of hydrogen-bond acceptors (Lipinski definition) is 2. The summed E-state index contributed by atoms with van der Waals surface area (Å²) in [7, 11) is 0. The lowest BCUT2D eigenvalue weighted by atomic mass is 10.1. The molecule has 2 nitrogen and oxygen atoms in total. The molecule has 2 rings (SSSR count). The first kappa shape index (κ1) is 18.5. The van der Waals surface area contributed by atoms with Gasteiger partial charge in [0.2, 0.25) is 0 Å². The lowest BCUT2D eigenvalue weighted by Gasteiger charge is -2.09. The predicted octanol–water partition coefficient (Wildman–Crippen LogP) is 5.62. The fourth-order valence-corrected chi connectivity index (χ4v) is 3.90. The molecule has 0 aliphatic heterocycles. The third-order valence-corrected chi connectivity index (χ3v) is 5.22. The first-order chi connectivity index (χ1) is 11.0. The third-order valence-electron chi connectivity index (χ3n) is 3.21. The van der Waals surface area contributed by atoms with Gasteiger partial charge in [0.15, 0.2) is 0 Å². The molecule has 0 atom stereocenters. The van der Waals surface area contributed by atoms with Crippen molar-refractivity contribution in [3.05, 3.63) is 68.2 Å². The summed E-state index contributed by atoms with van der Waals surface area (Å²) in [6.45, 7) is 2.49. The summed E-state index contributed by atoms with van der Waals surface area (Å²) < 4.78 is 0. The van der Waals surface area contributed by atoms with Gasteiger partial charge in [-0.05, 0) is 42.3 Å². The number of thioether (sulfide) groups is 1. The Morgan fingerprint density at radius 1 is 1.09 bits per heavy atom. The molecule has 1 N–H and O–H groups in total. The topological polar surface area (TPSA) is 29.1 Å². The lowest BCUT2D eigenvalue weighted by molar-refractivity contribution is 0.0956. The molecular weight excluding hydrogens is 373 g/mol. The minimum absolute atomic E-state index is 0.161. The van der Waals surface area contributed by atoms with Gasteiger partial charge < -0.3 is 5.32 Å². The van der Waals surface area contributed by atoms with Gasteiger partial charge in [0.05, 0.1) is 10.6 Å². The van der Waals surface area contributed by atoms with Gasteiger partial charge in [-0.3, -0.25) is 4.79 Å². The molecule has 0 unspecified atom stereocenters. The highest BCUT2D eigenvalue weighted by Gasteiger charge is 2.10. The molecule has 2 aromatic carbocycles. The van der Waals surface area contributed by atoms with E-state index in [4.69, 9.17) is 34.8 Å². The molecular formula is C17H16Cl3NOS. The van der Waals surface area contributed by atoms with Gasteiger partial charge in [0, 0.05) is 28.1 Å². The minimum atomic E-state index is -0.161. The van der Waals surface area contributed by atoms with Crippen molar-refractivity contribution in [3.63, 3.8) is 0 Å². The molecule has 0 heterocycles. The van der Waals surface area contributed by atoms with Crippen LogP contribution >= 0.6 is 46.6 Å². The number of carbonyl (C=O) groups excluding carboxylic acids is 1. The van der Waals surface area contributed by atoms with Crippen LogP contribution in [0.15, 0.2) is 36.4 Å². The molecule has 122 valence electrons. The molecule has 0 bridgehead atoms. The quantitative estimate of drug-likeness (QED) is 0.651. The monoisotopic (exact) mass is 387 g/mol. The first-order valence-corrected chi connectivity index (χ1v) is 9.33. The highest BCUT2D eigenvalue weighted by atomic mass is 35.5. The van der Waals surface area contributed by atoms with E-state index in [9.17, 15) is 4.79 Å². The second kappa shape index (κ2) is 8.84. The standard InChI is InChI=1S/C17H16Cl3NOS/c1-11-5-6-12(16(20)9-11)17(22)21-7-8-23-10-13-14(18)3-2-4-15(13)19/h2-6,9H,7-8,10H2,1H3,(H,21,22). The molecule has 0 radical (unpaired) electrons. The Morgan fingerprint density at radius 2 is 1.78 bits per heavy atom. The molecule has 0 aromatic heterocycles. The molecule has 0 spiro atoms. The molecule has 2 aromatic rings. The Labute approximate surface area is 155 Å². The van der Waals surface area contributed by atoms with Crippen LogP contribution in [0.2, 0.25) is 15.1 Å². The van der Waals surface area contributed by atoms with Crippen LogP contribution in [0.1, 0.15) is 21.5 Å². The van der Waals surface area contributed by atoms with Crippen LogP contribution in [0, 0.1) is 6.92 Å². The molecule has 0 aliphatic rings. The second-order valence-corrected chi connectivity index (χ2v) is 7.32. The van der Waals surface area contributed by atoms with Crippen molar-refractivity contribution in [1.82, 2.24) is 5.32 Å². The van der Waals surface area contributed by atoms with Crippen LogP contribution in [-0.2, 0) is 5.75 Å². The summed E-state index contributed by atoms with van der Waals surface area (Å²) in [5.41, 5.74) is 2.45. The average Bonchev–Trinajstić information content (AvgIpc) is 2.49. The van der Waals surface area contributed by atoms with Crippen LogP contribution in [0.5, 0.6) is 0 Å². The van der Waals surface area contributed by atoms with Gasteiger partial charge in [-0.25, -0.2) is 0 Å². The summed E-state index contributed by atoms with van der Waals surface area (Å²) >= 11 is 20.0. The summed E-state index contributed by atoms with van der Waals surface area (Å²) in [5, 5.41) is 4.67. The molecule has 0 aliphatic carbocycles. The Bertz CT molecular complexity index is 686. The van der Waals surface area contributed by atoms with E-state index in [1.165, 1.54) is 0 Å². The number of amides is 1. The maximum Gasteiger partial charge on any atom is 0.252 e. The van der Waals surface area contributed by atoms with E-state index in [0.29, 0.717) is 32.9 Å². The average molecular weight is 389 g/mol. The highest BCUT2D eigenvalue weighted by Crippen LogP contribution is 2.28.